The van der Waals surface area contributed by atoms with Crippen LogP contribution in [-0.4, -0.2) is 56.8 Å². The molecule has 1 aromatic carbocycles. The molecule has 32 heavy (non-hydrogen) atoms. The van der Waals surface area contributed by atoms with Crippen molar-refractivity contribution in [3.05, 3.63) is 24.0 Å². The summed E-state index contributed by atoms with van der Waals surface area (Å²) < 4.78 is 25.8. The lowest BCUT2D eigenvalue weighted by molar-refractivity contribution is 0.153. The molecule has 0 bridgehead atoms. The molecule has 1 aliphatic carbocycles. The van der Waals surface area contributed by atoms with Gasteiger partial charge in [0.2, 0.25) is 5.95 Å². The monoisotopic (exact) mass is 445 g/mol. The van der Waals surface area contributed by atoms with E-state index in [4.69, 9.17) is 9.47 Å². The third-order valence-electron chi connectivity index (χ3n) is 6.18. The Morgan fingerprint density at radius 1 is 1.06 bits per heavy atom. The van der Waals surface area contributed by atoms with Gasteiger partial charge in [-0.05, 0) is 63.7 Å². The molecule has 2 aliphatic rings. The van der Waals surface area contributed by atoms with Crippen LogP contribution in [0.25, 0.3) is 0 Å². The molecule has 1 aliphatic heterocycles. The number of phenolic OH excluding ortho intramolecular Hbond substituents is 1. The summed E-state index contributed by atoms with van der Waals surface area (Å²) in [6, 6.07) is 4.75. The fraction of sp³-hybridized carbons (Fsp3) is 0.609. The third-order valence-corrected chi connectivity index (χ3v) is 6.18. The van der Waals surface area contributed by atoms with Gasteiger partial charge < -0.3 is 19.9 Å². The van der Waals surface area contributed by atoms with Gasteiger partial charge in [-0.25, -0.2) is 4.39 Å². The molecule has 1 atom stereocenters. The zero-order valence-corrected chi connectivity index (χ0v) is 18.6. The van der Waals surface area contributed by atoms with Crippen LogP contribution < -0.4 is 14.8 Å². The minimum atomic E-state index is -0.726. The number of phenols is 1. The molecule has 8 nitrogen and oxygen atoms in total. The summed E-state index contributed by atoms with van der Waals surface area (Å²) in [5, 5.41) is 12.4. The van der Waals surface area contributed by atoms with Crippen LogP contribution in [0.4, 0.5) is 16.0 Å². The van der Waals surface area contributed by atoms with Gasteiger partial charge >= 0.3 is 12.0 Å². The predicted molar refractivity (Wildman–Crippen MR) is 119 cm³/mol. The van der Waals surface area contributed by atoms with E-state index >= 15 is 0 Å². The van der Waals surface area contributed by atoms with E-state index in [-0.39, 0.29) is 24.1 Å². The number of benzene rings is 1. The topological polar surface area (TPSA) is 92.6 Å². The van der Waals surface area contributed by atoms with Crippen LogP contribution in [0.2, 0.25) is 0 Å². The molecule has 0 spiro atoms. The number of anilines is 2. The molecule has 4 rings (SSSR count). The first-order valence-corrected chi connectivity index (χ1v) is 11.7. The highest BCUT2D eigenvalue weighted by Crippen LogP contribution is 2.26. The van der Waals surface area contributed by atoms with Crippen LogP contribution in [0.3, 0.4) is 0 Å². The molecule has 174 valence electrons. The van der Waals surface area contributed by atoms with Gasteiger partial charge in [0, 0.05) is 17.8 Å². The van der Waals surface area contributed by atoms with E-state index in [0.717, 1.165) is 51.6 Å². The Bertz CT molecular complexity index is 892. The average Bonchev–Trinajstić information content (AvgIpc) is 3.09. The maximum atomic E-state index is 13.8. The first-order chi connectivity index (χ1) is 15.6. The molecular weight excluding hydrogens is 413 g/mol. The third kappa shape index (κ3) is 5.97. The summed E-state index contributed by atoms with van der Waals surface area (Å²) in [6.07, 6.45) is 8.97. The highest BCUT2D eigenvalue weighted by Gasteiger charge is 2.24. The molecule has 2 N–H and O–H groups in total. The van der Waals surface area contributed by atoms with Crippen molar-refractivity contribution in [2.75, 3.05) is 25.0 Å². The van der Waals surface area contributed by atoms with Crippen molar-refractivity contribution in [3.63, 3.8) is 0 Å². The number of nitrogens with zero attached hydrogens (tertiary/aromatic N) is 4. The second-order valence-corrected chi connectivity index (χ2v) is 8.48. The molecule has 2 aromatic rings. The molecule has 2 heterocycles. The molecule has 1 saturated carbocycles. The molecule has 9 heteroatoms. The van der Waals surface area contributed by atoms with Crippen molar-refractivity contribution >= 4 is 11.6 Å². The highest BCUT2D eigenvalue weighted by atomic mass is 19.1. The Labute approximate surface area is 188 Å². The standard InChI is InChI=1S/C23H32FN5O3/c1-2-29-13-7-8-17(29)15-31-22-26-21(25-16-11-12-20(30)19(24)14-16)27-23(28-22)32-18-9-5-3-4-6-10-18/h11-12,14,17-18,30H,2-10,13,15H2,1H3,(H,25,26,27,28). The second kappa shape index (κ2) is 10.8. The molecule has 0 amide bonds. The Kier molecular flexibility index (Phi) is 7.57. The SMILES string of the molecule is CCN1CCCC1COc1nc(Nc2ccc(O)c(F)c2)nc(OC2CCCCCC2)n1. The summed E-state index contributed by atoms with van der Waals surface area (Å²) in [7, 11) is 0. The van der Waals surface area contributed by atoms with Gasteiger partial charge in [0.1, 0.15) is 12.7 Å². The normalized spacial score (nSPS) is 20.1. The summed E-state index contributed by atoms with van der Waals surface area (Å²) in [6.45, 7) is 4.71. The van der Waals surface area contributed by atoms with Crippen LogP contribution in [0.5, 0.6) is 17.8 Å². The number of likely N-dealkylation sites (N-methyl/N-ethyl adjacent to an activating group) is 1. The Morgan fingerprint density at radius 3 is 2.59 bits per heavy atom. The molecule has 1 saturated heterocycles. The first kappa shape index (κ1) is 22.5. The lowest BCUT2D eigenvalue weighted by atomic mass is 10.2. The maximum Gasteiger partial charge on any atom is 0.324 e. The minimum absolute atomic E-state index is 0.0668. The lowest BCUT2D eigenvalue weighted by Gasteiger charge is -2.22. The predicted octanol–water partition coefficient (Wildman–Crippen LogP) is 4.42. The number of nitrogens with one attached hydrogen (secondary N) is 1. The van der Waals surface area contributed by atoms with Crippen molar-refractivity contribution in [2.24, 2.45) is 0 Å². The Morgan fingerprint density at radius 2 is 1.84 bits per heavy atom. The van der Waals surface area contributed by atoms with Crippen LogP contribution in [0.15, 0.2) is 18.2 Å². The van der Waals surface area contributed by atoms with E-state index in [2.05, 4.69) is 32.1 Å². The van der Waals surface area contributed by atoms with E-state index in [1.165, 1.54) is 25.0 Å². The number of ether oxygens (including phenoxy) is 2. The second-order valence-electron chi connectivity index (χ2n) is 8.48. The van der Waals surface area contributed by atoms with Crippen LogP contribution in [-0.2, 0) is 0 Å². The van der Waals surface area contributed by atoms with Crippen molar-refractivity contribution in [1.29, 1.82) is 0 Å². The van der Waals surface area contributed by atoms with E-state index in [9.17, 15) is 9.50 Å². The Hall–Kier alpha value is -2.68. The van der Waals surface area contributed by atoms with Crippen molar-refractivity contribution in [3.8, 4) is 17.8 Å². The van der Waals surface area contributed by atoms with Crippen LogP contribution in [0.1, 0.15) is 58.3 Å². The van der Waals surface area contributed by atoms with E-state index in [1.807, 2.05) is 0 Å². The molecular formula is C23H32FN5O3. The fourth-order valence-electron chi connectivity index (χ4n) is 4.40. The summed E-state index contributed by atoms with van der Waals surface area (Å²) in [5.41, 5.74) is 0.408. The number of aromatic hydroxyl groups is 1. The number of likely N-dealkylation sites (tertiary alicyclic amines) is 1. The summed E-state index contributed by atoms with van der Waals surface area (Å²) >= 11 is 0. The van der Waals surface area contributed by atoms with Gasteiger partial charge in [-0.15, -0.1) is 4.98 Å². The van der Waals surface area contributed by atoms with E-state index in [1.54, 1.807) is 6.07 Å². The van der Waals surface area contributed by atoms with E-state index < -0.39 is 11.6 Å². The fourth-order valence-corrected chi connectivity index (χ4v) is 4.40. The summed E-state index contributed by atoms with van der Waals surface area (Å²) in [4.78, 5) is 15.5. The number of hydrogen-bond donors (Lipinski definition) is 2. The van der Waals surface area contributed by atoms with Crippen LogP contribution in [0, 0.1) is 5.82 Å². The van der Waals surface area contributed by atoms with Gasteiger partial charge in [0.25, 0.3) is 0 Å². The molecule has 0 radical (unpaired) electrons. The zero-order chi connectivity index (χ0) is 22.3. The maximum absolute atomic E-state index is 13.8. The van der Waals surface area contributed by atoms with Gasteiger partial charge in [-0.3, -0.25) is 4.90 Å². The quantitative estimate of drug-likeness (QED) is 0.456. The Balaban J connectivity index is 1.51. The largest absolute Gasteiger partial charge is 0.505 e. The number of halogens is 1. The number of rotatable bonds is 8. The smallest absolute Gasteiger partial charge is 0.324 e. The minimum Gasteiger partial charge on any atom is -0.505 e. The van der Waals surface area contributed by atoms with E-state index in [0.29, 0.717) is 18.3 Å². The van der Waals surface area contributed by atoms with Crippen molar-refractivity contribution < 1.29 is 19.0 Å². The summed E-state index contributed by atoms with van der Waals surface area (Å²) in [5.74, 6) is -0.927. The lowest BCUT2D eigenvalue weighted by Crippen LogP contribution is -2.34. The first-order valence-electron chi connectivity index (χ1n) is 11.7. The number of aromatic nitrogens is 3. The zero-order valence-electron chi connectivity index (χ0n) is 18.6. The van der Waals surface area contributed by atoms with Crippen molar-refractivity contribution in [1.82, 2.24) is 19.9 Å². The number of hydrogen-bond acceptors (Lipinski definition) is 8. The van der Waals surface area contributed by atoms with Gasteiger partial charge in [-0.2, -0.15) is 9.97 Å². The van der Waals surface area contributed by atoms with Crippen molar-refractivity contribution in [2.45, 2.75) is 70.4 Å². The van der Waals surface area contributed by atoms with Gasteiger partial charge in [0.15, 0.2) is 11.6 Å². The van der Waals surface area contributed by atoms with Crippen LogP contribution >= 0.6 is 0 Å². The highest BCUT2D eigenvalue weighted by molar-refractivity contribution is 5.55. The average molecular weight is 446 g/mol. The van der Waals surface area contributed by atoms with Gasteiger partial charge in [-0.1, -0.05) is 19.8 Å². The molecule has 2 fully saturated rings. The van der Waals surface area contributed by atoms with Gasteiger partial charge in [0.05, 0.1) is 0 Å². The molecule has 1 unspecified atom stereocenters. The molecule has 1 aromatic heterocycles.